The Hall–Kier alpha value is -4.21. The second-order valence-corrected chi connectivity index (χ2v) is 11.4. The van der Waals surface area contributed by atoms with Gasteiger partial charge in [0.25, 0.3) is 0 Å². The standard InChI is InChI=1S/C33H47N5O9/c1-3-38(21-32(44)45)28(18-37(20-31(42)43)16-15-36(2)19-30(40)41)33(46)35-17-25-9-11-26(12-10-25)22-47-23-29(39)27(34)14-13-24-7-5-4-6-8-24/h4-12,27-28H,3,13-23,34H2,1-2H3,(H,35,46)(H,40,41)(H,42,43)(H,44,45)/t27-,28-/m1/s1. The van der Waals surface area contributed by atoms with E-state index in [9.17, 15) is 34.2 Å². The normalized spacial score (nSPS) is 12.6. The number of aliphatic carboxylic acids is 3. The molecule has 2 rings (SSSR count). The second kappa shape index (κ2) is 20.8. The van der Waals surface area contributed by atoms with E-state index in [0.29, 0.717) is 12.8 Å². The number of carbonyl (C=O) groups is 5. The summed E-state index contributed by atoms with van der Waals surface area (Å²) in [7, 11) is 1.58. The summed E-state index contributed by atoms with van der Waals surface area (Å²) in [4.78, 5) is 64.3. The third-order valence-electron chi connectivity index (χ3n) is 7.48. The van der Waals surface area contributed by atoms with E-state index in [4.69, 9.17) is 15.6 Å². The van der Waals surface area contributed by atoms with Crippen molar-refractivity contribution in [2.75, 3.05) is 59.5 Å². The minimum Gasteiger partial charge on any atom is -0.480 e. The summed E-state index contributed by atoms with van der Waals surface area (Å²) in [6, 6.07) is 15.4. The number of carbonyl (C=O) groups excluding carboxylic acids is 2. The van der Waals surface area contributed by atoms with Crippen molar-refractivity contribution in [2.24, 2.45) is 5.73 Å². The number of ketones is 1. The Bertz CT molecular complexity index is 1290. The molecule has 0 spiro atoms. The number of hydrogen-bond acceptors (Lipinski definition) is 10. The van der Waals surface area contributed by atoms with Gasteiger partial charge >= 0.3 is 17.9 Å². The Morgan fingerprint density at radius 2 is 1.45 bits per heavy atom. The Morgan fingerprint density at radius 3 is 2.04 bits per heavy atom. The molecule has 0 saturated heterocycles. The molecule has 0 unspecified atom stereocenters. The summed E-state index contributed by atoms with van der Waals surface area (Å²) < 4.78 is 5.58. The number of likely N-dealkylation sites (N-methyl/N-ethyl adjacent to an activating group) is 2. The van der Waals surface area contributed by atoms with Crippen LogP contribution >= 0.6 is 0 Å². The van der Waals surface area contributed by atoms with Crippen LogP contribution in [0, 0.1) is 0 Å². The number of carboxylic acids is 3. The lowest BCUT2D eigenvalue weighted by molar-refractivity contribution is -0.142. The highest BCUT2D eigenvalue weighted by Gasteiger charge is 2.29. The molecule has 14 nitrogen and oxygen atoms in total. The zero-order valence-electron chi connectivity index (χ0n) is 27.0. The van der Waals surface area contributed by atoms with Crippen molar-refractivity contribution in [3.8, 4) is 0 Å². The fourth-order valence-electron chi connectivity index (χ4n) is 4.84. The van der Waals surface area contributed by atoms with Crippen LogP contribution in [0.1, 0.15) is 30.0 Å². The van der Waals surface area contributed by atoms with Gasteiger partial charge in [-0.05, 0) is 43.1 Å². The van der Waals surface area contributed by atoms with E-state index >= 15 is 0 Å². The Morgan fingerprint density at radius 1 is 0.830 bits per heavy atom. The number of benzene rings is 2. The minimum atomic E-state index is -1.13. The lowest BCUT2D eigenvalue weighted by atomic mass is 10.0. The summed E-state index contributed by atoms with van der Waals surface area (Å²) in [5.74, 6) is -3.95. The molecule has 0 saturated carbocycles. The van der Waals surface area contributed by atoms with E-state index in [1.807, 2.05) is 42.5 Å². The first-order valence-electron chi connectivity index (χ1n) is 15.4. The molecular formula is C33H47N5O9. The molecule has 1 amide bonds. The molecule has 0 radical (unpaired) electrons. The van der Waals surface area contributed by atoms with Gasteiger partial charge in [0, 0.05) is 26.2 Å². The van der Waals surface area contributed by atoms with Gasteiger partial charge in [-0.3, -0.25) is 38.7 Å². The van der Waals surface area contributed by atoms with Gasteiger partial charge in [-0.2, -0.15) is 0 Å². The Kier molecular flexibility index (Phi) is 17.3. The number of hydrogen-bond donors (Lipinski definition) is 5. The maximum Gasteiger partial charge on any atom is 0.317 e. The first kappa shape index (κ1) is 39.0. The highest BCUT2D eigenvalue weighted by atomic mass is 16.5. The van der Waals surface area contributed by atoms with Crippen molar-refractivity contribution in [3.63, 3.8) is 0 Å². The van der Waals surface area contributed by atoms with Crippen molar-refractivity contribution < 1.29 is 44.0 Å². The van der Waals surface area contributed by atoms with Gasteiger partial charge in [-0.25, -0.2) is 0 Å². The molecule has 0 aliphatic rings. The molecule has 6 N–H and O–H groups in total. The molecule has 0 aliphatic carbocycles. The molecule has 2 aromatic rings. The topological polar surface area (TPSA) is 203 Å². The predicted molar refractivity (Wildman–Crippen MR) is 174 cm³/mol. The number of nitrogens with zero attached hydrogens (tertiary/aromatic N) is 3. The predicted octanol–water partition coefficient (Wildman–Crippen LogP) is 0.527. The number of carboxylic acid groups (broad SMARTS) is 3. The smallest absolute Gasteiger partial charge is 0.317 e. The molecule has 2 atom stereocenters. The number of amides is 1. The summed E-state index contributed by atoms with van der Waals surface area (Å²) >= 11 is 0. The number of aryl methyl sites for hydroxylation is 1. The Labute approximate surface area is 275 Å². The first-order valence-corrected chi connectivity index (χ1v) is 15.4. The lowest BCUT2D eigenvalue weighted by Crippen LogP contribution is -2.55. The fourth-order valence-corrected chi connectivity index (χ4v) is 4.84. The van der Waals surface area contributed by atoms with Crippen LogP contribution in [0.25, 0.3) is 0 Å². The monoisotopic (exact) mass is 657 g/mol. The number of nitrogens with one attached hydrogen (secondary N) is 1. The van der Waals surface area contributed by atoms with E-state index in [1.165, 1.54) is 14.7 Å². The Balaban J connectivity index is 1.94. The number of Topliss-reactive ketones (excluding diaryl/α,β-unsaturated/α-hetero) is 1. The van der Waals surface area contributed by atoms with Crippen LogP contribution in [-0.2, 0) is 48.3 Å². The van der Waals surface area contributed by atoms with Crippen molar-refractivity contribution in [1.82, 2.24) is 20.0 Å². The van der Waals surface area contributed by atoms with Crippen molar-refractivity contribution in [3.05, 3.63) is 71.3 Å². The van der Waals surface area contributed by atoms with Crippen LogP contribution in [0.3, 0.4) is 0 Å². The summed E-state index contributed by atoms with van der Waals surface area (Å²) in [5, 5.41) is 30.7. The molecule has 0 bridgehead atoms. The molecule has 2 aromatic carbocycles. The molecule has 258 valence electrons. The summed E-state index contributed by atoms with van der Waals surface area (Å²) in [6.45, 7) is 1.38. The molecule has 0 heterocycles. The largest absolute Gasteiger partial charge is 0.480 e. The summed E-state index contributed by atoms with van der Waals surface area (Å²) in [5.41, 5.74) is 8.74. The van der Waals surface area contributed by atoms with Crippen LogP contribution in [-0.4, -0.2) is 131 Å². The third kappa shape index (κ3) is 15.8. The minimum absolute atomic E-state index is 0.0783. The van der Waals surface area contributed by atoms with Crippen LogP contribution < -0.4 is 11.1 Å². The quantitative estimate of drug-likeness (QED) is 0.105. The molecule has 14 heteroatoms. The van der Waals surface area contributed by atoms with E-state index in [1.54, 1.807) is 26.1 Å². The fraction of sp³-hybridized carbons (Fsp3) is 0.485. The zero-order chi connectivity index (χ0) is 34.8. The molecule has 0 fully saturated rings. The van der Waals surface area contributed by atoms with Gasteiger partial charge in [0.15, 0.2) is 5.78 Å². The highest BCUT2D eigenvalue weighted by Crippen LogP contribution is 2.10. The van der Waals surface area contributed by atoms with Gasteiger partial charge in [-0.1, -0.05) is 61.5 Å². The van der Waals surface area contributed by atoms with Crippen molar-refractivity contribution >= 4 is 29.6 Å². The van der Waals surface area contributed by atoms with E-state index < -0.39 is 49.0 Å². The molecule has 0 aliphatic heterocycles. The molecular weight excluding hydrogens is 610 g/mol. The van der Waals surface area contributed by atoms with Gasteiger partial charge in [-0.15, -0.1) is 0 Å². The summed E-state index contributed by atoms with van der Waals surface area (Å²) in [6.07, 6.45) is 1.23. The van der Waals surface area contributed by atoms with E-state index in [2.05, 4.69) is 5.32 Å². The van der Waals surface area contributed by atoms with Gasteiger partial charge < -0.3 is 31.1 Å². The van der Waals surface area contributed by atoms with Crippen LogP contribution in [0.4, 0.5) is 0 Å². The maximum atomic E-state index is 13.4. The number of ether oxygens (including phenoxy) is 1. The van der Waals surface area contributed by atoms with Crippen LogP contribution in [0.2, 0.25) is 0 Å². The van der Waals surface area contributed by atoms with E-state index in [-0.39, 0.29) is 58.3 Å². The van der Waals surface area contributed by atoms with Gasteiger partial charge in [0.2, 0.25) is 5.91 Å². The van der Waals surface area contributed by atoms with Gasteiger partial charge in [0.05, 0.1) is 32.3 Å². The zero-order valence-corrected chi connectivity index (χ0v) is 27.0. The number of rotatable bonds is 24. The lowest BCUT2D eigenvalue weighted by Gasteiger charge is -2.33. The average Bonchev–Trinajstić information content (AvgIpc) is 3.03. The third-order valence-corrected chi connectivity index (χ3v) is 7.48. The van der Waals surface area contributed by atoms with Gasteiger partial charge in [0.1, 0.15) is 12.6 Å². The van der Waals surface area contributed by atoms with Crippen molar-refractivity contribution in [1.29, 1.82) is 0 Å². The molecule has 47 heavy (non-hydrogen) atoms. The second-order valence-electron chi connectivity index (χ2n) is 11.4. The highest BCUT2D eigenvalue weighted by molar-refractivity contribution is 5.85. The van der Waals surface area contributed by atoms with Crippen LogP contribution in [0.15, 0.2) is 54.6 Å². The average molecular weight is 658 g/mol. The van der Waals surface area contributed by atoms with Crippen LogP contribution in [0.5, 0.6) is 0 Å². The SMILES string of the molecule is CCN(CC(=O)O)[C@H](CN(CCN(C)CC(=O)O)CC(=O)O)C(=O)NCc1ccc(COCC(=O)[C@H](N)CCc2ccccc2)cc1. The first-order chi connectivity index (χ1) is 22.4. The number of nitrogens with two attached hydrogens (primary N) is 1. The van der Waals surface area contributed by atoms with E-state index in [0.717, 1.165) is 16.7 Å². The maximum absolute atomic E-state index is 13.4. The molecule has 0 aromatic heterocycles. The van der Waals surface area contributed by atoms with Crippen molar-refractivity contribution in [2.45, 2.75) is 45.0 Å².